The van der Waals surface area contributed by atoms with Crippen molar-refractivity contribution in [3.63, 3.8) is 0 Å². The lowest BCUT2D eigenvalue weighted by atomic mass is 9.80. The topological polar surface area (TPSA) is 34.2 Å². The van der Waals surface area contributed by atoms with Gasteiger partial charge in [-0.05, 0) is 45.6 Å². The highest BCUT2D eigenvalue weighted by Crippen LogP contribution is 2.45. The zero-order valence-electron chi connectivity index (χ0n) is 11.9. The fourth-order valence-corrected chi connectivity index (χ4v) is 4.84. The first-order valence-electron chi connectivity index (χ1n) is 7.46. The molecule has 0 radical (unpaired) electrons. The first-order chi connectivity index (χ1) is 9.22. The summed E-state index contributed by atoms with van der Waals surface area (Å²) in [5.74, 6) is 0.691. The molecule has 0 amide bonds. The van der Waals surface area contributed by atoms with E-state index >= 15 is 0 Å². The van der Waals surface area contributed by atoms with Gasteiger partial charge in [-0.2, -0.15) is 0 Å². The van der Waals surface area contributed by atoms with E-state index in [1.165, 1.54) is 43.4 Å². The SMILES string of the molecule is CNC(c1cnc(C)s1)C1CCOC2(CCCC2)C1. The van der Waals surface area contributed by atoms with Gasteiger partial charge in [0.15, 0.2) is 0 Å². The number of aromatic nitrogens is 1. The van der Waals surface area contributed by atoms with Crippen molar-refractivity contribution in [1.29, 1.82) is 0 Å². The fourth-order valence-electron chi connectivity index (χ4n) is 3.85. The molecule has 1 saturated carbocycles. The Labute approximate surface area is 119 Å². The Kier molecular flexibility index (Phi) is 3.92. The number of nitrogens with one attached hydrogen (secondary N) is 1. The van der Waals surface area contributed by atoms with Gasteiger partial charge in [0.1, 0.15) is 0 Å². The molecule has 2 atom stereocenters. The van der Waals surface area contributed by atoms with E-state index < -0.39 is 0 Å². The molecule has 1 aliphatic carbocycles. The summed E-state index contributed by atoms with van der Waals surface area (Å²) < 4.78 is 6.15. The molecule has 3 rings (SSSR count). The number of nitrogens with zero attached hydrogens (tertiary/aromatic N) is 1. The summed E-state index contributed by atoms with van der Waals surface area (Å²) >= 11 is 1.83. The summed E-state index contributed by atoms with van der Waals surface area (Å²) in [6.07, 6.45) is 9.66. The maximum Gasteiger partial charge on any atom is 0.0897 e. The van der Waals surface area contributed by atoms with E-state index in [2.05, 4.69) is 30.5 Å². The summed E-state index contributed by atoms with van der Waals surface area (Å²) in [6, 6.07) is 0.451. The van der Waals surface area contributed by atoms with E-state index in [0.717, 1.165) is 11.6 Å². The van der Waals surface area contributed by atoms with Crippen molar-refractivity contribution in [3.05, 3.63) is 16.1 Å². The zero-order valence-corrected chi connectivity index (χ0v) is 12.8. The number of hydrogen-bond donors (Lipinski definition) is 1. The highest BCUT2D eigenvalue weighted by molar-refractivity contribution is 7.11. The molecule has 3 nitrogen and oxygen atoms in total. The lowest BCUT2D eigenvalue weighted by Gasteiger charge is -2.41. The number of rotatable bonds is 3. The minimum Gasteiger partial charge on any atom is -0.375 e. The van der Waals surface area contributed by atoms with Crippen LogP contribution in [0.4, 0.5) is 0 Å². The molecule has 2 heterocycles. The van der Waals surface area contributed by atoms with Crippen LogP contribution in [0.2, 0.25) is 0 Å². The third-order valence-corrected chi connectivity index (χ3v) is 5.77. The molecule has 2 aliphatic rings. The molecule has 4 heteroatoms. The third-order valence-electron chi connectivity index (χ3n) is 4.77. The van der Waals surface area contributed by atoms with Crippen molar-refractivity contribution in [1.82, 2.24) is 10.3 Å². The van der Waals surface area contributed by atoms with Gasteiger partial charge >= 0.3 is 0 Å². The van der Waals surface area contributed by atoms with Crippen LogP contribution >= 0.6 is 11.3 Å². The van der Waals surface area contributed by atoms with Crippen LogP contribution in [0.5, 0.6) is 0 Å². The Morgan fingerprint density at radius 1 is 1.47 bits per heavy atom. The normalized spacial score (nSPS) is 27.8. The van der Waals surface area contributed by atoms with Gasteiger partial charge in [0, 0.05) is 23.7 Å². The average molecular weight is 280 g/mol. The Bertz CT molecular complexity index is 426. The average Bonchev–Trinajstić information content (AvgIpc) is 3.01. The van der Waals surface area contributed by atoms with E-state index in [4.69, 9.17) is 4.74 Å². The Hall–Kier alpha value is -0.450. The molecule has 1 aromatic rings. The van der Waals surface area contributed by atoms with Crippen molar-refractivity contribution in [3.8, 4) is 0 Å². The van der Waals surface area contributed by atoms with Crippen LogP contribution in [0.25, 0.3) is 0 Å². The lowest BCUT2D eigenvalue weighted by Crippen LogP contribution is -2.41. The number of thiazole rings is 1. The highest BCUT2D eigenvalue weighted by Gasteiger charge is 2.42. The van der Waals surface area contributed by atoms with Gasteiger partial charge in [0.05, 0.1) is 10.6 Å². The van der Waals surface area contributed by atoms with E-state index in [1.54, 1.807) is 0 Å². The van der Waals surface area contributed by atoms with Crippen LogP contribution < -0.4 is 5.32 Å². The van der Waals surface area contributed by atoms with Gasteiger partial charge in [-0.3, -0.25) is 0 Å². The molecule has 1 aliphatic heterocycles. The summed E-state index contributed by atoms with van der Waals surface area (Å²) in [7, 11) is 2.08. The van der Waals surface area contributed by atoms with Crippen LogP contribution in [0.3, 0.4) is 0 Å². The van der Waals surface area contributed by atoms with Gasteiger partial charge in [-0.1, -0.05) is 12.8 Å². The lowest BCUT2D eigenvalue weighted by molar-refractivity contribution is -0.0977. The Morgan fingerprint density at radius 2 is 2.26 bits per heavy atom. The number of aryl methyl sites for hydroxylation is 1. The van der Waals surface area contributed by atoms with Gasteiger partial charge in [-0.15, -0.1) is 11.3 Å². The Balaban J connectivity index is 1.76. The van der Waals surface area contributed by atoms with Crippen LogP contribution in [0.15, 0.2) is 6.20 Å². The first kappa shape index (κ1) is 13.5. The van der Waals surface area contributed by atoms with Gasteiger partial charge in [0.25, 0.3) is 0 Å². The molecule has 0 aromatic carbocycles. The largest absolute Gasteiger partial charge is 0.375 e. The fraction of sp³-hybridized carbons (Fsp3) is 0.800. The predicted molar refractivity (Wildman–Crippen MR) is 78.5 cm³/mol. The predicted octanol–water partition coefficient (Wildman–Crippen LogP) is 3.45. The quantitative estimate of drug-likeness (QED) is 0.921. The summed E-state index contributed by atoms with van der Waals surface area (Å²) in [5.41, 5.74) is 0.206. The maximum absolute atomic E-state index is 6.15. The second-order valence-electron chi connectivity index (χ2n) is 6.04. The van der Waals surface area contributed by atoms with E-state index in [9.17, 15) is 0 Å². The molecule has 2 fully saturated rings. The van der Waals surface area contributed by atoms with Gasteiger partial charge < -0.3 is 10.1 Å². The molecule has 19 heavy (non-hydrogen) atoms. The monoisotopic (exact) mass is 280 g/mol. The molecular formula is C15H24N2OS. The Morgan fingerprint density at radius 3 is 2.89 bits per heavy atom. The van der Waals surface area contributed by atoms with E-state index in [1.807, 2.05) is 11.3 Å². The summed E-state index contributed by atoms with van der Waals surface area (Å²) in [4.78, 5) is 5.81. The van der Waals surface area contributed by atoms with Crippen LogP contribution in [-0.4, -0.2) is 24.2 Å². The first-order valence-corrected chi connectivity index (χ1v) is 8.28. The molecule has 1 aromatic heterocycles. The van der Waals surface area contributed by atoms with E-state index in [0.29, 0.717) is 12.0 Å². The molecule has 1 saturated heterocycles. The molecule has 1 N–H and O–H groups in total. The molecule has 106 valence electrons. The standard InChI is InChI=1S/C15H24N2OS/c1-11-17-10-13(19-11)14(16-2)12-5-8-18-15(9-12)6-3-4-7-15/h10,12,14,16H,3-9H2,1-2H3. The zero-order chi connectivity index (χ0) is 13.3. The second-order valence-corrected chi connectivity index (χ2v) is 7.31. The van der Waals surface area contributed by atoms with Crippen LogP contribution in [-0.2, 0) is 4.74 Å². The van der Waals surface area contributed by atoms with Crippen molar-refractivity contribution in [2.24, 2.45) is 5.92 Å². The van der Waals surface area contributed by atoms with Crippen LogP contribution in [0.1, 0.15) is 54.5 Å². The summed E-state index contributed by atoms with van der Waals surface area (Å²) in [6.45, 7) is 3.02. The molecule has 2 unspecified atom stereocenters. The van der Waals surface area contributed by atoms with Crippen molar-refractivity contribution < 1.29 is 4.74 Å². The van der Waals surface area contributed by atoms with Crippen molar-refractivity contribution in [2.75, 3.05) is 13.7 Å². The van der Waals surface area contributed by atoms with E-state index in [-0.39, 0.29) is 5.60 Å². The smallest absolute Gasteiger partial charge is 0.0897 e. The molecule has 0 bridgehead atoms. The summed E-state index contributed by atoms with van der Waals surface area (Å²) in [5, 5.41) is 4.69. The minimum atomic E-state index is 0.206. The number of ether oxygens (including phenoxy) is 1. The maximum atomic E-state index is 6.15. The molecular weight excluding hydrogens is 256 g/mol. The number of hydrogen-bond acceptors (Lipinski definition) is 4. The highest BCUT2D eigenvalue weighted by atomic mass is 32.1. The minimum absolute atomic E-state index is 0.206. The van der Waals surface area contributed by atoms with Crippen LogP contribution in [0, 0.1) is 12.8 Å². The third kappa shape index (κ3) is 2.71. The second kappa shape index (κ2) is 5.51. The van der Waals surface area contributed by atoms with Gasteiger partial charge in [-0.25, -0.2) is 4.98 Å². The van der Waals surface area contributed by atoms with Crippen molar-refractivity contribution >= 4 is 11.3 Å². The van der Waals surface area contributed by atoms with Crippen molar-refractivity contribution in [2.45, 2.75) is 57.1 Å². The molecule has 1 spiro atoms. The van der Waals surface area contributed by atoms with Gasteiger partial charge in [0.2, 0.25) is 0 Å².